The number of esters is 1. The maximum absolute atomic E-state index is 11.1. The molecule has 0 atom stereocenters. The molecule has 14 heavy (non-hydrogen) atoms. The van der Waals surface area contributed by atoms with Crippen molar-refractivity contribution in [2.45, 2.75) is 13.3 Å². The average Bonchev–Trinajstić information content (AvgIpc) is 2.19. The van der Waals surface area contributed by atoms with Crippen LogP contribution in [0.3, 0.4) is 0 Å². The topological polar surface area (TPSA) is 38.8 Å². The minimum atomic E-state index is -0.246. The van der Waals surface area contributed by atoms with Crippen LogP contribution in [0.15, 0.2) is 0 Å². The van der Waals surface area contributed by atoms with Crippen LogP contribution in [-0.2, 0) is 14.3 Å². The van der Waals surface area contributed by atoms with Crippen LogP contribution in [0.1, 0.15) is 13.3 Å². The zero-order chi connectivity index (χ0) is 10.4. The molecule has 0 saturated carbocycles. The Balaban J connectivity index is 2.29. The summed E-state index contributed by atoms with van der Waals surface area (Å²) in [5.74, 6) is -0.246. The molecule has 0 N–H and O–H groups in total. The van der Waals surface area contributed by atoms with Crippen LogP contribution in [-0.4, -0.2) is 48.8 Å². The van der Waals surface area contributed by atoms with E-state index in [2.05, 4.69) is 0 Å². The van der Waals surface area contributed by atoms with Crippen LogP contribution in [0, 0.1) is 0 Å². The van der Waals surface area contributed by atoms with Gasteiger partial charge in [-0.3, -0.25) is 4.79 Å². The molecule has 4 nitrogen and oxygen atoms in total. The predicted molar refractivity (Wildman–Crippen MR) is 56.2 cm³/mol. The van der Waals surface area contributed by atoms with Gasteiger partial charge in [-0.1, -0.05) is 12.2 Å². The van der Waals surface area contributed by atoms with Crippen molar-refractivity contribution in [2.75, 3.05) is 32.9 Å². The van der Waals surface area contributed by atoms with E-state index >= 15 is 0 Å². The van der Waals surface area contributed by atoms with Crippen LogP contribution in [0.2, 0.25) is 0 Å². The van der Waals surface area contributed by atoms with Crippen molar-refractivity contribution in [3.05, 3.63) is 0 Å². The predicted octanol–water partition coefficient (Wildman–Crippen LogP) is 0.599. The molecule has 0 radical (unpaired) electrons. The second kappa shape index (κ2) is 5.93. The second-order valence-electron chi connectivity index (χ2n) is 2.97. The number of hydrogen-bond donors (Lipinski definition) is 0. The smallest absolute Gasteiger partial charge is 0.312 e. The first-order valence-electron chi connectivity index (χ1n) is 4.75. The zero-order valence-corrected chi connectivity index (χ0v) is 9.14. The number of morpholine rings is 1. The fourth-order valence-corrected chi connectivity index (χ4v) is 1.56. The molecule has 0 aromatic carbocycles. The van der Waals surface area contributed by atoms with Gasteiger partial charge in [-0.05, 0) is 6.92 Å². The standard InChI is InChI=1S/C9H15NO3S/c1-2-13-9(11)7-8(14)10-3-5-12-6-4-10/h2-7H2,1H3. The van der Waals surface area contributed by atoms with Gasteiger partial charge in [0.2, 0.25) is 0 Å². The first kappa shape index (κ1) is 11.4. The molecule has 0 aliphatic carbocycles. The van der Waals surface area contributed by atoms with Crippen LogP contribution in [0.4, 0.5) is 0 Å². The fourth-order valence-electron chi connectivity index (χ4n) is 1.26. The highest BCUT2D eigenvalue weighted by Crippen LogP contribution is 2.03. The molecule has 1 saturated heterocycles. The number of carbonyl (C=O) groups excluding carboxylic acids is 1. The Bertz CT molecular complexity index is 214. The number of thiocarbonyl (C=S) groups is 1. The Morgan fingerprint density at radius 3 is 2.71 bits per heavy atom. The van der Waals surface area contributed by atoms with E-state index in [1.165, 1.54) is 0 Å². The van der Waals surface area contributed by atoms with Crippen molar-refractivity contribution in [1.82, 2.24) is 4.90 Å². The van der Waals surface area contributed by atoms with E-state index < -0.39 is 0 Å². The largest absolute Gasteiger partial charge is 0.466 e. The Hall–Kier alpha value is -0.680. The number of hydrogen-bond acceptors (Lipinski definition) is 4. The third-order valence-corrected chi connectivity index (χ3v) is 2.37. The highest BCUT2D eigenvalue weighted by atomic mass is 32.1. The van der Waals surface area contributed by atoms with Crippen LogP contribution < -0.4 is 0 Å². The molecule has 1 aliphatic rings. The summed E-state index contributed by atoms with van der Waals surface area (Å²) in [6.07, 6.45) is 0.211. The maximum atomic E-state index is 11.1. The van der Waals surface area contributed by atoms with Crippen molar-refractivity contribution in [3.8, 4) is 0 Å². The van der Waals surface area contributed by atoms with Gasteiger partial charge < -0.3 is 14.4 Å². The lowest BCUT2D eigenvalue weighted by Crippen LogP contribution is -2.40. The fraction of sp³-hybridized carbons (Fsp3) is 0.778. The molecule has 0 amide bonds. The lowest BCUT2D eigenvalue weighted by atomic mass is 10.3. The zero-order valence-electron chi connectivity index (χ0n) is 8.32. The highest BCUT2D eigenvalue weighted by Gasteiger charge is 2.16. The highest BCUT2D eigenvalue weighted by molar-refractivity contribution is 7.80. The van der Waals surface area contributed by atoms with Gasteiger partial charge >= 0.3 is 5.97 Å². The van der Waals surface area contributed by atoms with Gasteiger partial charge in [0.15, 0.2) is 0 Å². The van der Waals surface area contributed by atoms with Crippen LogP contribution in [0.25, 0.3) is 0 Å². The summed E-state index contributed by atoms with van der Waals surface area (Å²) in [7, 11) is 0. The van der Waals surface area contributed by atoms with Crippen molar-refractivity contribution in [1.29, 1.82) is 0 Å². The Labute approximate surface area is 89.2 Å². The van der Waals surface area contributed by atoms with Crippen molar-refractivity contribution >= 4 is 23.2 Å². The van der Waals surface area contributed by atoms with Gasteiger partial charge in [-0.2, -0.15) is 0 Å². The molecule has 0 unspecified atom stereocenters. The number of rotatable bonds is 3. The van der Waals surface area contributed by atoms with Gasteiger partial charge in [0.1, 0.15) is 0 Å². The maximum Gasteiger partial charge on any atom is 0.312 e. The number of nitrogens with zero attached hydrogens (tertiary/aromatic N) is 1. The Morgan fingerprint density at radius 1 is 1.50 bits per heavy atom. The summed E-state index contributed by atoms with van der Waals surface area (Å²) in [6.45, 7) is 5.11. The third kappa shape index (κ3) is 3.59. The van der Waals surface area contributed by atoms with Crippen molar-refractivity contribution in [3.63, 3.8) is 0 Å². The first-order valence-corrected chi connectivity index (χ1v) is 5.16. The molecule has 0 spiro atoms. The molecule has 0 aromatic heterocycles. The van der Waals surface area contributed by atoms with Crippen molar-refractivity contribution < 1.29 is 14.3 Å². The summed E-state index contributed by atoms with van der Waals surface area (Å²) in [5, 5.41) is 0. The molecule has 0 bridgehead atoms. The Kier molecular flexibility index (Phi) is 4.82. The molecular formula is C9H15NO3S. The molecule has 1 heterocycles. The third-order valence-electron chi connectivity index (χ3n) is 1.96. The molecule has 1 aliphatic heterocycles. The van der Waals surface area contributed by atoms with E-state index in [0.717, 1.165) is 13.1 Å². The molecule has 1 rings (SSSR count). The summed E-state index contributed by atoms with van der Waals surface area (Å²) in [4.78, 5) is 13.8. The lowest BCUT2D eigenvalue weighted by molar-refractivity contribution is -0.141. The van der Waals surface area contributed by atoms with E-state index in [9.17, 15) is 4.79 Å². The number of carbonyl (C=O) groups is 1. The lowest BCUT2D eigenvalue weighted by Gasteiger charge is -2.28. The molecule has 1 fully saturated rings. The van der Waals surface area contributed by atoms with Gasteiger partial charge in [-0.15, -0.1) is 0 Å². The van der Waals surface area contributed by atoms with Crippen molar-refractivity contribution in [2.24, 2.45) is 0 Å². The molecule has 0 aromatic rings. The number of ether oxygens (including phenoxy) is 2. The minimum Gasteiger partial charge on any atom is -0.466 e. The summed E-state index contributed by atoms with van der Waals surface area (Å²) >= 11 is 5.13. The van der Waals surface area contributed by atoms with E-state index in [-0.39, 0.29) is 12.4 Å². The first-order chi connectivity index (χ1) is 6.74. The molecule has 5 heteroatoms. The SMILES string of the molecule is CCOC(=O)CC(=S)N1CCOCC1. The van der Waals surface area contributed by atoms with Crippen LogP contribution >= 0.6 is 12.2 Å². The summed E-state index contributed by atoms with van der Waals surface area (Å²) < 4.78 is 10.0. The van der Waals surface area contributed by atoms with Gasteiger partial charge in [-0.25, -0.2) is 0 Å². The van der Waals surface area contributed by atoms with Gasteiger partial charge in [0.25, 0.3) is 0 Å². The molecular weight excluding hydrogens is 202 g/mol. The molecule has 80 valence electrons. The van der Waals surface area contributed by atoms with E-state index in [0.29, 0.717) is 24.8 Å². The summed E-state index contributed by atoms with van der Waals surface area (Å²) in [5.41, 5.74) is 0. The van der Waals surface area contributed by atoms with Crippen LogP contribution in [0.5, 0.6) is 0 Å². The van der Waals surface area contributed by atoms with Gasteiger partial charge in [0, 0.05) is 13.1 Å². The average molecular weight is 217 g/mol. The van der Waals surface area contributed by atoms with E-state index in [1.54, 1.807) is 6.92 Å². The second-order valence-corrected chi connectivity index (χ2v) is 3.45. The van der Waals surface area contributed by atoms with E-state index in [4.69, 9.17) is 21.7 Å². The van der Waals surface area contributed by atoms with E-state index in [1.807, 2.05) is 4.90 Å². The van der Waals surface area contributed by atoms with Gasteiger partial charge in [0.05, 0.1) is 31.2 Å². The minimum absolute atomic E-state index is 0.211. The normalized spacial score (nSPS) is 16.5. The summed E-state index contributed by atoms with van der Waals surface area (Å²) in [6, 6.07) is 0. The quantitative estimate of drug-likeness (QED) is 0.511. The Morgan fingerprint density at radius 2 is 2.14 bits per heavy atom. The monoisotopic (exact) mass is 217 g/mol.